The van der Waals surface area contributed by atoms with Gasteiger partial charge in [0, 0.05) is 23.7 Å². The SMILES string of the molecule is CCc1cc(C(=O)O)cc2c(C(C)O)c(C)n(C)c12. The number of rotatable bonds is 3. The number of nitrogens with zero attached hydrogens (tertiary/aromatic N) is 1. The highest BCUT2D eigenvalue weighted by Crippen LogP contribution is 2.33. The number of benzene rings is 1. The van der Waals surface area contributed by atoms with Crippen LogP contribution in [-0.2, 0) is 13.5 Å². The molecule has 0 aliphatic rings. The van der Waals surface area contributed by atoms with Crippen molar-refractivity contribution in [3.63, 3.8) is 0 Å². The predicted octanol–water partition coefficient (Wildman–Crippen LogP) is 2.80. The Hall–Kier alpha value is -1.81. The second-order valence-electron chi connectivity index (χ2n) is 4.92. The van der Waals surface area contributed by atoms with Crippen molar-refractivity contribution in [1.29, 1.82) is 0 Å². The van der Waals surface area contributed by atoms with E-state index in [4.69, 9.17) is 0 Å². The number of hydrogen-bond acceptors (Lipinski definition) is 2. The number of aryl methyl sites for hydroxylation is 2. The Bertz CT molecular complexity index is 653. The first-order valence-electron chi connectivity index (χ1n) is 6.41. The van der Waals surface area contributed by atoms with E-state index in [0.717, 1.165) is 34.1 Å². The smallest absolute Gasteiger partial charge is 0.335 e. The van der Waals surface area contributed by atoms with E-state index in [1.807, 2.05) is 25.5 Å². The van der Waals surface area contributed by atoms with Gasteiger partial charge in [0.2, 0.25) is 0 Å². The highest BCUT2D eigenvalue weighted by Gasteiger charge is 2.19. The highest BCUT2D eigenvalue weighted by molar-refractivity contribution is 5.97. The highest BCUT2D eigenvalue weighted by atomic mass is 16.4. The number of carboxylic acids is 1. The Balaban J connectivity index is 2.94. The number of aliphatic hydroxyl groups is 1. The first-order chi connectivity index (χ1) is 8.88. The third-order valence-corrected chi connectivity index (χ3v) is 3.75. The van der Waals surface area contributed by atoms with Crippen molar-refractivity contribution < 1.29 is 15.0 Å². The normalized spacial score (nSPS) is 12.9. The molecule has 0 bridgehead atoms. The van der Waals surface area contributed by atoms with Crippen LogP contribution in [0.1, 0.15) is 47.1 Å². The van der Waals surface area contributed by atoms with Crippen molar-refractivity contribution in [2.75, 3.05) is 0 Å². The van der Waals surface area contributed by atoms with Crippen LogP contribution in [0.5, 0.6) is 0 Å². The maximum absolute atomic E-state index is 11.2. The number of carboxylic acid groups (broad SMARTS) is 1. The number of aromatic nitrogens is 1. The topological polar surface area (TPSA) is 62.5 Å². The fourth-order valence-corrected chi connectivity index (χ4v) is 2.76. The molecule has 1 heterocycles. The minimum atomic E-state index is -0.936. The molecule has 0 aliphatic heterocycles. The first kappa shape index (κ1) is 13.6. The molecule has 2 rings (SSSR count). The van der Waals surface area contributed by atoms with Gasteiger partial charge in [-0.2, -0.15) is 0 Å². The fraction of sp³-hybridized carbons (Fsp3) is 0.400. The zero-order chi connectivity index (χ0) is 14.3. The second-order valence-corrected chi connectivity index (χ2v) is 4.92. The Labute approximate surface area is 112 Å². The molecule has 2 N–H and O–H groups in total. The van der Waals surface area contributed by atoms with Gasteiger partial charge < -0.3 is 14.8 Å². The van der Waals surface area contributed by atoms with E-state index < -0.39 is 12.1 Å². The van der Waals surface area contributed by atoms with Crippen molar-refractivity contribution in [2.45, 2.75) is 33.3 Å². The summed E-state index contributed by atoms with van der Waals surface area (Å²) in [6.07, 6.45) is 0.145. The van der Waals surface area contributed by atoms with Gasteiger partial charge in [0.05, 0.1) is 17.2 Å². The molecule has 1 unspecified atom stereocenters. The largest absolute Gasteiger partial charge is 0.478 e. The van der Waals surface area contributed by atoms with Crippen LogP contribution in [-0.4, -0.2) is 20.7 Å². The standard InChI is InChI=1S/C15H19NO3/c1-5-10-6-11(15(18)19)7-12-13(9(3)17)8(2)16(4)14(10)12/h6-7,9,17H,5H2,1-4H3,(H,18,19). The third kappa shape index (κ3) is 2.02. The molecule has 1 aromatic heterocycles. The molecule has 0 fully saturated rings. The monoisotopic (exact) mass is 261 g/mol. The molecule has 0 spiro atoms. The van der Waals surface area contributed by atoms with Gasteiger partial charge >= 0.3 is 5.97 Å². The predicted molar refractivity (Wildman–Crippen MR) is 74.6 cm³/mol. The van der Waals surface area contributed by atoms with Gasteiger partial charge in [-0.25, -0.2) is 4.79 Å². The minimum Gasteiger partial charge on any atom is -0.478 e. The second kappa shape index (κ2) is 4.70. The van der Waals surface area contributed by atoms with Crippen LogP contribution in [0.4, 0.5) is 0 Å². The molecular weight excluding hydrogens is 242 g/mol. The lowest BCUT2D eigenvalue weighted by Crippen LogP contribution is -2.00. The van der Waals surface area contributed by atoms with Gasteiger partial charge in [0.15, 0.2) is 0 Å². The van der Waals surface area contributed by atoms with E-state index in [1.165, 1.54) is 0 Å². The van der Waals surface area contributed by atoms with Gasteiger partial charge in [0.25, 0.3) is 0 Å². The van der Waals surface area contributed by atoms with Crippen LogP contribution in [0.3, 0.4) is 0 Å². The Morgan fingerprint density at radius 1 is 1.42 bits per heavy atom. The lowest BCUT2D eigenvalue weighted by Gasteiger charge is -2.07. The minimum absolute atomic E-state index is 0.275. The summed E-state index contributed by atoms with van der Waals surface area (Å²) < 4.78 is 2.03. The van der Waals surface area contributed by atoms with E-state index in [9.17, 15) is 15.0 Å². The number of fused-ring (bicyclic) bond motifs is 1. The van der Waals surface area contributed by atoms with Crippen LogP contribution >= 0.6 is 0 Å². The lowest BCUT2D eigenvalue weighted by molar-refractivity contribution is 0.0697. The molecule has 102 valence electrons. The molecule has 0 amide bonds. The van der Waals surface area contributed by atoms with Crippen molar-refractivity contribution >= 4 is 16.9 Å². The summed E-state index contributed by atoms with van der Waals surface area (Å²) in [5.41, 5.74) is 4.07. The first-order valence-corrected chi connectivity index (χ1v) is 6.41. The van der Waals surface area contributed by atoms with E-state index in [2.05, 4.69) is 0 Å². The van der Waals surface area contributed by atoms with Gasteiger partial charge in [-0.05, 0) is 38.0 Å². The average molecular weight is 261 g/mol. The van der Waals surface area contributed by atoms with Crippen molar-refractivity contribution in [3.05, 3.63) is 34.5 Å². The molecule has 0 saturated carbocycles. The molecule has 0 aliphatic carbocycles. The number of carbonyl (C=O) groups is 1. The maximum atomic E-state index is 11.2. The third-order valence-electron chi connectivity index (χ3n) is 3.75. The number of hydrogen-bond donors (Lipinski definition) is 2. The van der Waals surface area contributed by atoms with Crippen molar-refractivity contribution in [2.24, 2.45) is 7.05 Å². The summed E-state index contributed by atoms with van der Waals surface area (Å²) in [6, 6.07) is 3.38. The summed E-state index contributed by atoms with van der Waals surface area (Å²) in [6.45, 7) is 5.66. The van der Waals surface area contributed by atoms with E-state index in [1.54, 1.807) is 19.1 Å². The van der Waals surface area contributed by atoms with Crippen molar-refractivity contribution in [3.8, 4) is 0 Å². The molecule has 2 aromatic rings. The Morgan fingerprint density at radius 3 is 2.53 bits per heavy atom. The molecule has 0 saturated heterocycles. The Morgan fingerprint density at radius 2 is 2.05 bits per heavy atom. The molecule has 4 heteroatoms. The van der Waals surface area contributed by atoms with E-state index >= 15 is 0 Å². The van der Waals surface area contributed by atoms with Crippen LogP contribution in [0.15, 0.2) is 12.1 Å². The van der Waals surface area contributed by atoms with E-state index in [-0.39, 0.29) is 5.56 Å². The summed E-state index contributed by atoms with van der Waals surface area (Å²) in [7, 11) is 1.95. The molecule has 4 nitrogen and oxygen atoms in total. The van der Waals surface area contributed by atoms with Gasteiger partial charge in [-0.15, -0.1) is 0 Å². The van der Waals surface area contributed by atoms with Gasteiger partial charge in [0.1, 0.15) is 0 Å². The zero-order valence-corrected chi connectivity index (χ0v) is 11.7. The summed E-state index contributed by atoms with van der Waals surface area (Å²) in [4.78, 5) is 11.2. The lowest BCUT2D eigenvalue weighted by atomic mass is 10.00. The maximum Gasteiger partial charge on any atom is 0.335 e. The van der Waals surface area contributed by atoms with Crippen molar-refractivity contribution in [1.82, 2.24) is 4.57 Å². The van der Waals surface area contributed by atoms with Crippen LogP contribution in [0.25, 0.3) is 10.9 Å². The summed E-state index contributed by atoms with van der Waals surface area (Å²) in [5, 5.41) is 20.0. The Kier molecular flexibility index (Phi) is 3.37. The zero-order valence-electron chi connectivity index (χ0n) is 11.7. The van der Waals surface area contributed by atoms with E-state index in [0.29, 0.717) is 0 Å². The van der Waals surface area contributed by atoms with Gasteiger partial charge in [-0.1, -0.05) is 6.92 Å². The fourth-order valence-electron chi connectivity index (χ4n) is 2.76. The van der Waals surface area contributed by atoms with Crippen LogP contribution in [0, 0.1) is 6.92 Å². The summed E-state index contributed by atoms with van der Waals surface area (Å²) >= 11 is 0. The van der Waals surface area contributed by atoms with Crippen LogP contribution < -0.4 is 0 Å². The molecule has 19 heavy (non-hydrogen) atoms. The molecule has 0 radical (unpaired) electrons. The molecule has 1 atom stereocenters. The summed E-state index contributed by atoms with van der Waals surface area (Å²) in [5.74, 6) is -0.936. The van der Waals surface area contributed by atoms with Crippen LogP contribution in [0.2, 0.25) is 0 Å². The van der Waals surface area contributed by atoms with Gasteiger partial charge in [-0.3, -0.25) is 0 Å². The quantitative estimate of drug-likeness (QED) is 0.893. The number of aliphatic hydroxyl groups excluding tert-OH is 1. The molecule has 1 aromatic carbocycles. The molecular formula is C15H19NO3. The average Bonchev–Trinajstić information content (AvgIpc) is 2.60. The number of aromatic carboxylic acids is 1.